The molecule has 12 heteroatoms. The molecule has 39 heavy (non-hydrogen) atoms. The predicted octanol–water partition coefficient (Wildman–Crippen LogP) is 4.55. The maximum Gasteiger partial charge on any atom is 0.236 e. The van der Waals surface area contributed by atoms with E-state index in [2.05, 4.69) is 43.7 Å². The van der Waals surface area contributed by atoms with Gasteiger partial charge in [0.2, 0.25) is 16.0 Å². The van der Waals surface area contributed by atoms with E-state index in [1.54, 1.807) is 19.2 Å². The molecule has 1 saturated carbocycles. The van der Waals surface area contributed by atoms with Crippen molar-refractivity contribution >= 4 is 16.0 Å². The van der Waals surface area contributed by atoms with Gasteiger partial charge in [0.05, 0.1) is 45.6 Å². The number of aromatic nitrogens is 6. The summed E-state index contributed by atoms with van der Waals surface area (Å²) in [5, 5.41) is 8.86. The maximum absolute atomic E-state index is 14.5. The zero-order valence-electron chi connectivity index (χ0n) is 21.7. The molecule has 0 radical (unpaired) electrons. The average Bonchev–Trinajstić information content (AvgIpc) is 3.24. The minimum atomic E-state index is -3.52. The molecular formula is C27H25F2N7O2S. The number of halogens is 2. The normalized spacial score (nSPS) is 21.1. The van der Waals surface area contributed by atoms with Gasteiger partial charge in [0.1, 0.15) is 11.6 Å². The van der Waals surface area contributed by atoms with E-state index in [1.165, 1.54) is 24.4 Å². The molecule has 2 bridgehead atoms. The summed E-state index contributed by atoms with van der Waals surface area (Å²) in [6.07, 6.45) is 5.83. The fourth-order valence-corrected chi connectivity index (χ4v) is 6.81. The van der Waals surface area contributed by atoms with E-state index < -0.39 is 27.1 Å². The lowest BCUT2D eigenvalue weighted by atomic mass is 9.66. The standard InChI is InChI=1S/C27H25F2N7O2S/c1-14-16(13-31-25(32-14)36-39(4,37)38)24-30-11-9-21(33-24)27-10-8-17(26(27,2)3)15-12-20(34-35-23(15)27)22-18(28)6-5-7-19(22)29/h5-7,9,11-13,17H,8,10H2,1-4H3,(H,31,32,36)/t17-,27+/m0/s1. The zero-order valence-corrected chi connectivity index (χ0v) is 22.5. The lowest BCUT2D eigenvalue weighted by Gasteiger charge is -2.37. The van der Waals surface area contributed by atoms with Gasteiger partial charge in [0, 0.05) is 12.4 Å². The van der Waals surface area contributed by atoms with Gasteiger partial charge in [0.25, 0.3) is 0 Å². The molecule has 0 spiro atoms. The number of rotatable bonds is 5. The van der Waals surface area contributed by atoms with Gasteiger partial charge >= 0.3 is 0 Å². The maximum atomic E-state index is 14.5. The third kappa shape index (κ3) is 3.80. The summed E-state index contributed by atoms with van der Waals surface area (Å²) in [7, 11) is -3.52. The van der Waals surface area contributed by atoms with Gasteiger partial charge in [-0.05, 0) is 60.9 Å². The van der Waals surface area contributed by atoms with Crippen molar-refractivity contribution in [1.82, 2.24) is 30.1 Å². The first-order valence-electron chi connectivity index (χ1n) is 12.4. The molecule has 3 aromatic heterocycles. The lowest BCUT2D eigenvalue weighted by Crippen LogP contribution is -2.38. The average molecular weight is 550 g/mol. The Balaban J connectivity index is 1.45. The van der Waals surface area contributed by atoms with Crippen molar-refractivity contribution in [1.29, 1.82) is 0 Å². The fraction of sp³-hybridized carbons (Fsp3) is 0.333. The molecule has 0 saturated heterocycles. The van der Waals surface area contributed by atoms with Gasteiger partial charge in [-0.1, -0.05) is 19.9 Å². The van der Waals surface area contributed by atoms with Crippen molar-refractivity contribution in [3.63, 3.8) is 0 Å². The first kappa shape index (κ1) is 25.4. The summed E-state index contributed by atoms with van der Waals surface area (Å²) in [5.41, 5.74) is 2.61. The number of aryl methyl sites for hydroxylation is 1. The van der Waals surface area contributed by atoms with E-state index in [0.29, 0.717) is 17.1 Å². The van der Waals surface area contributed by atoms with Crippen molar-refractivity contribution < 1.29 is 17.2 Å². The molecule has 0 aliphatic heterocycles. The van der Waals surface area contributed by atoms with Crippen LogP contribution in [0.25, 0.3) is 22.6 Å². The second-order valence-corrected chi connectivity index (χ2v) is 12.4. The minimum Gasteiger partial charge on any atom is -0.251 e. The van der Waals surface area contributed by atoms with Gasteiger partial charge < -0.3 is 0 Å². The molecule has 200 valence electrons. The number of sulfonamides is 1. The van der Waals surface area contributed by atoms with Crippen LogP contribution in [-0.4, -0.2) is 44.8 Å². The highest BCUT2D eigenvalue weighted by Gasteiger charge is 2.65. The molecule has 0 amide bonds. The van der Waals surface area contributed by atoms with Gasteiger partial charge in [-0.3, -0.25) is 4.72 Å². The number of hydrogen-bond acceptors (Lipinski definition) is 8. The van der Waals surface area contributed by atoms with Crippen molar-refractivity contribution in [2.45, 2.75) is 44.9 Å². The first-order valence-corrected chi connectivity index (χ1v) is 14.3. The highest BCUT2D eigenvalue weighted by molar-refractivity contribution is 7.91. The third-order valence-electron chi connectivity index (χ3n) is 8.19. The highest BCUT2D eigenvalue weighted by atomic mass is 32.2. The minimum absolute atomic E-state index is 0.0321. The van der Waals surface area contributed by atoms with E-state index >= 15 is 0 Å². The summed E-state index contributed by atoms with van der Waals surface area (Å²) < 4.78 is 54.5. The van der Waals surface area contributed by atoms with E-state index in [0.717, 1.165) is 36.0 Å². The van der Waals surface area contributed by atoms with Crippen LogP contribution in [0.1, 0.15) is 55.3 Å². The molecular weight excluding hydrogens is 524 g/mol. The summed E-state index contributed by atoms with van der Waals surface area (Å²) >= 11 is 0. The summed E-state index contributed by atoms with van der Waals surface area (Å²) in [5.74, 6) is -0.901. The van der Waals surface area contributed by atoms with E-state index in [4.69, 9.17) is 4.98 Å². The van der Waals surface area contributed by atoms with E-state index in [-0.39, 0.29) is 28.5 Å². The number of nitrogens with zero attached hydrogens (tertiary/aromatic N) is 6. The van der Waals surface area contributed by atoms with Crippen molar-refractivity contribution in [3.8, 4) is 22.6 Å². The molecule has 1 fully saturated rings. The Kier molecular flexibility index (Phi) is 5.55. The van der Waals surface area contributed by atoms with Gasteiger partial charge in [0.15, 0.2) is 5.82 Å². The van der Waals surface area contributed by atoms with Gasteiger partial charge in [-0.2, -0.15) is 5.10 Å². The van der Waals surface area contributed by atoms with E-state index in [9.17, 15) is 17.2 Å². The first-order chi connectivity index (χ1) is 18.4. The second kappa shape index (κ2) is 8.54. The van der Waals surface area contributed by atoms with Crippen molar-refractivity contribution in [3.05, 3.63) is 77.0 Å². The zero-order chi connectivity index (χ0) is 27.7. The second-order valence-electron chi connectivity index (χ2n) is 10.7. The van der Waals surface area contributed by atoms with Crippen LogP contribution in [0.4, 0.5) is 14.7 Å². The summed E-state index contributed by atoms with van der Waals surface area (Å²) in [6, 6.07) is 7.38. The Bertz CT molecular complexity index is 1740. The SMILES string of the molecule is Cc1nc(NS(C)(=O)=O)ncc1-c1nccc([C@]23CC[C@@H](c4cc(-c5c(F)cccc5F)nnc42)C3(C)C)n1. The fourth-order valence-electron chi connectivity index (χ4n) is 6.38. The Labute approximate surface area is 224 Å². The predicted molar refractivity (Wildman–Crippen MR) is 140 cm³/mol. The summed E-state index contributed by atoms with van der Waals surface area (Å²) in [4.78, 5) is 17.8. The molecule has 4 aromatic rings. The number of hydrogen-bond donors (Lipinski definition) is 1. The molecule has 0 unspecified atom stereocenters. The van der Waals surface area contributed by atoms with Crippen LogP contribution in [0.2, 0.25) is 0 Å². The Morgan fingerprint density at radius 2 is 1.79 bits per heavy atom. The molecule has 6 rings (SSSR count). The van der Waals surface area contributed by atoms with Crippen LogP contribution in [0.15, 0.2) is 42.7 Å². The molecule has 3 heterocycles. The quantitative estimate of drug-likeness (QED) is 0.385. The number of fused-ring (bicyclic) bond motifs is 5. The number of anilines is 1. The Hall–Kier alpha value is -3.93. The molecule has 9 nitrogen and oxygen atoms in total. The lowest BCUT2D eigenvalue weighted by molar-refractivity contribution is 0.243. The number of nitrogens with one attached hydrogen (secondary N) is 1. The Morgan fingerprint density at radius 1 is 1.05 bits per heavy atom. The van der Waals surface area contributed by atoms with Crippen LogP contribution in [0.3, 0.4) is 0 Å². The Morgan fingerprint density at radius 3 is 2.49 bits per heavy atom. The third-order valence-corrected chi connectivity index (χ3v) is 8.74. The topological polar surface area (TPSA) is 124 Å². The molecule has 1 aromatic carbocycles. The molecule has 1 N–H and O–H groups in total. The van der Waals surface area contributed by atoms with Crippen LogP contribution >= 0.6 is 0 Å². The van der Waals surface area contributed by atoms with Crippen LogP contribution in [0, 0.1) is 24.0 Å². The van der Waals surface area contributed by atoms with Gasteiger partial charge in [-0.15, -0.1) is 5.10 Å². The smallest absolute Gasteiger partial charge is 0.236 e. The monoisotopic (exact) mass is 549 g/mol. The van der Waals surface area contributed by atoms with Crippen LogP contribution in [0.5, 0.6) is 0 Å². The van der Waals surface area contributed by atoms with Crippen molar-refractivity contribution in [2.75, 3.05) is 11.0 Å². The number of benzene rings is 1. The largest absolute Gasteiger partial charge is 0.251 e. The van der Waals surface area contributed by atoms with Gasteiger partial charge in [-0.25, -0.2) is 37.1 Å². The molecule has 2 atom stereocenters. The van der Waals surface area contributed by atoms with Crippen molar-refractivity contribution in [2.24, 2.45) is 5.41 Å². The highest BCUT2D eigenvalue weighted by Crippen LogP contribution is 2.69. The van der Waals surface area contributed by atoms with E-state index in [1.807, 2.05) is 6.07 Å². The van der Waals surface area contributed by atoms with Crippen LogP contribution < -0.4 is 4.72 Å². The molecule has 2 aliphatic rings. The summed E-state index contributed by atoms with van der Waals surface area (Å²) in [6.45, 7) is 6.06. The molecule has 2 aliphatic carbocycles. The van der Waals surface area contributed by atoms with Crippen LogP contribution in [-0.2, 0) is 15.4 Å².